The van der Waals surface area contributed by atoms with E-state index in [9.17, 15) is 0 Å². The van der Waals surface area contributed by atoms with Gasteiger partial charge in [0, 0.05) is 6.54 Å². The van der Waals surface area contributed by atoms with Crippen molar-refractivity contribution in [3.8, 4) is 12.1 Å². The van der Waals surface area contributed by atoms with E-state index >= 15 is 0 Å². The van der Waals surface area contributed by atoms with Gasteiger partial charge in [0.2, 0.25) is 0 Å². The Morgan fingerprint density at radius 1 is 0.950 bits per heavy atom. The molecule has 2 aromatic carbocycles. The maximum Gasteiger partial charge on any atom is 0.101 e. The van der Waals surface area contributed by atoms with Gasteiger partial charge < -0.3 is 5.32 Å². The summed E-state index contributed by atoms with van der Waals surface area (Å²) in [4.78, 5) is 0. The van der Waals surface area contributed by atoms with Crippen LogP contribution in [0.2, 0.25) is 0 Å². The molecule has 1 N–H and O–H groups in total. The molecule has 2 rings (SSSR count). The van der Waals surface area contributed by atoms with Crippen molar-refractivity contribution < 1.29 is 0 Å². The number of rotatable bonds is 4. The predicted octanol–water partition coefficient (Wildman–Crippen LogP) is 3.39. The molecule has 98 valence electrons. The first-order valence-electron chi connectivity index (χ1n) is 6.48. The maximum atomic E-state index is 9.10. The molecule has 0 aliphatic heterocycles. The topological polar surface area (TPSA) is 59.6 Å². The first-order valence-corrected chi connectivity index (χ1v) is 6.48. The normalized spacial score (nSPS) is 9.55. The van der Waals surface area contributed by atoms with Crippen LogP contribution in [0, 0.1) is 29.6 Å². The summed E-state index contributed by atoms with van der Waals surface area (Å²) in [6.07, 6.45) is 0.858. The summed E-state index contributed by atoms with van der Waals surface area (Å²) in [6, 6.07) is 17.6. The highest BCUT2D eigenvalue weighted by molar-refractivity contribution is 5.66. The molecule has 0 heterocycles. The highest BCUT2D eigenvalue weighted by atomic mass is 14.9. The Hall–Kier alpha value is -2.78. The van der Waals surface area contributed by atoms with Crippen LogP contribution in [0.5, 0.6) is 0 Å². The number of nitrogens with one attached hydrogen (secondary N) is 1. The molecule has 0 aliphatic carbocycles. The largest absolute Gasteiger partial charge is 0.383 e. The minimum atomic E-state index is 0.508. The monoisotopic (exact) mass is 261 g/mol. The van der Waals surface area contributed by atoms with Gasteiger partial charge in [0.1, 0.15) is 12.1 Å². The van der Waals surface area contributed by atoms with Gasteiger partial charge in [-0.05, 0) is 36.6 Å². The van der Waals surface area contributed by atoms with Crippen LogP contribution in [0.1, 0.15) is 22.3 Å². The van der Waals surface area contributed by atoms with Crippen LogP contribution < -0.4 is 5.32 Å². The van der Waals surface area contributed by atoms with E-state index in [-0.39, 0.29) is 0 Å². The zero-order chi connectivity index (χ0) is 14.4. The molecule has 0 atom stereocenters. The van der Waals surface area contributed by atoms with Crippen molar-refractivity contribution in [1.82, 2.24) is 0 Å². The van der Waals surface area contributed by atoms with Crippen molar-refractivity contribution in [2.45, 2.75) is 13.3 Å². The smallest absolute Gasteiger partial charge is 0.101 e. The van der Waals surface area contributed by atoms with Crippen molar-refractivity contribution in [2.24, 2.45) is 0 Å². The number of para-hydroxylation sites is 1. The molecule has 0 spiro atoms. The number of hydrogen-bond donors (Lipinski definition) is 1. The van der Waals surface area contributed by atoms with Gasteiger partial charge in [-0.3, -0.25) is 0 Å². The summed E-state index contributed by atoms with van der Waals surface area (Å²) in [5.41, 5.74) is 4.17. The van der Waals surface area contributed by atoms with Crippen LogP contribution in [0.25, 0.3) is 0 Å². The van der Waals surface area contributed by atoms with Crippen LogP contribution in [0.15, 0.2) is 42.5 Å². The van der Waals surface area contributed by atoms with E-state index in [1.54, 1.807) is 18.2 Å². The summed E-state index contributed by atoms with van der Waals surface area (Å²) in [6.45, 7) is 2.78. The molecule has 0 bridgehead atoms. The van der Waals surface area contributed by atoms with Gasteiger partial charge in [-0.15, -0.1) is 0 Å². The average Bonchev–Trinajstić information content (AvgIpc) is 2.49. The van der Waals surface area contributed by atoms with Gasteiger partial charge >= 0.3 is 0 Å². The van der Waals surface area contributed by atoms with Crippen molar-refractivity contribution in [3.05, 3.63) is 64.7 Å². The number of hydrogen-bond acceptors (Lipinski definition) is 3. The van der Waals surface area contributed by atoms with Gasteiger partial charge in [-0.1, -0.05) is 30.3 Å². The first-order chi connectivity index (χ1) is 9.76. The van der Waals surface area contributed by atoms with E-state index in [0.717, 1.165) is 6.42 Å². The molecular formula is C17H15N3. The summed E-state index contributed by atoms with van der Waals surface area (Å²) in [7, 11) is 0. The quantitative estimate of drug-likeness (QED) is 0.917. The minimum absolute atomic E-state index is 0.508. The molecule has 0 radical (unpaired) electrons. The highest BCUT2D eigenvalue weighted by Crippen LogP contribution is 2.20. The van der Waals surface area contributed by atoms with E-state index < -0.39 is 0 Å². The van der Waals surface area contributed by atoms with Crippen LogP contribution >= 0.6 is 0 Å². The Morgan fingerprint density at radius 3 is 2.20 bits per heavy atom. The molecule has 20 heavy (non-hydrogen) atoms. The Kier molecular flexibility index (Phi) is 4.37. The van der Waals surface area contributed by atoms with Crippen molar-refractivity contribution in [3.63, 3.8) is 0 Å². The fraction of sp³-hybridized carbons (Fsp3) is 0.176. The van der Waals surface area contributed by atoms with Gasteiger partial charge in [0.05, 0.1) is 16.8 Å². The molecule has 0 unspecified atom stereocenters. The summed E-state index contributed by atoms with van der Waals surface area (Å²) in [5, 5.41) is 21.4. The zero-order valence-electron chi connectivity index (χ0n) is 11.4. The summed E-state index contributed by atoms with van der Waals surface area (Å²) >= 11 is 0. The molecular weight excluding hydrogens is 246 g/mol. The molecule has 0 saturated heterocycles. The van der Waals surface area contributed by atoms with Crippen molar-refractivity contribution in [1.29, 1.82) is 10.5 Å². The van der Waals surface area contributed by atoms with E-state index in [4.69, 9.17) is 10.5 Å². The molecule has 2 aromatic rings. The van der Waals surface area contributed by atoms with Gasteiger partial charge in [-0.2, -0.15) is 10.5 Å². The number of nitriles is 2. The number of benzene rings is 2. The lowest BCUT2D eigenvalue weighted by molar-refractivity contribution is 1.00. The predicted molar refractivity (Wildman–Crippen MR) is 79.2 cm³/mol. The summed E-state index contributed by atoms with van der Waals surface area (Å²) in [5.74, 6) is 0. The van der Waals surface area contributed by atoms with Crippen LogP contribution in [0.3, 0.4) is 0 Å². The van der Waals surface area contributed by atoms with Crippen molar-refractivity contribution >= 4 is 5.69 Å². The van der Waals surface area contributed by atoms with Crippen molar-refractivity contribution in [2.75, 3.05) is 11.9 Å². The van der Waals surface area contributed by atoms with Gasteiger partial charge in [0.25, 0.3) is 0 Å². The maximum absolute atomic E-state index is 9.10. The highest BCUT2D eigenvalue weighted by Gasteiger charge is 2.07. The van der Waals surface area contributed by atoms with Crippen LogP contribution in [0.4, 0.5) is 5.69 Å². The second-order valence-corrected chi connectivity index (χ2v) is 4.56. The third-order valence-electron chi connectivity index (χ3n) is 3.26. The fourth-order valence-electron chi connectivity index (χ4n) is 2.14. The zero-order valence-corrected chi connectivity index (χ0v) is 11.4. The lowest BCUT2D eigenvalue weighted by Crippen LogP contribution is -2.08. The first kappa shape index (κ1) is 13.6. The number of aryl methyl sites for hydroxylation is 1. The number of anilines is 1. The molecule has 0 amide bonds. The Labute approximate surface area is 119 Å². The molecule has 0 fully saturated rings. The molecule has 3 nitrogen and oxygen atoms in total. The standard InChI is InChI=1S/C17H15N3/c1-13-5-2-3-6-14(13)9-10-20-17-15(11-18)7-4-8-16(17)12-19/h2-8,20H,9-10H2,1H3. The van der Waals surface area contributed by atoms with Crippen LogP contribution in [-0.4, -0.2) is 6.54 Å². The second kappa shape index (κ2) is 6.41. The lowest BCUT2D eigenvalue weighted by atomic mass is 10.1. The third-order valence-corrected chi connectivity index (χ3v) is 3.26. The Balaban J connectivity index is 2.11. The number of nitrogens with zero attached hydrogens (tertiary/aromatic N) is 2. The fourth-order valence-corrected chi connectivity index (χ4v) is 2.14. The van der Waals surface area contributed by atoms with E-state index in [1.165, 1.54) is 11.1 Å². The Bertz CT molecular complexity index is 658. The minimum Gasteiger partial charge on any atom is -0.383 e. The van der Waals surface area contributed by atoms with E-state index in [0.29, 0.717) is 23.4 Å². The summed E-state index contributed by atoms with van der Waals surface area (Å²) < 4.78 is 0. The second-order valence-electron chi connectivity index (χ2n) is 4.56. The van der Waals surface area contributed by atoms with E-state index in [1.807, 2.05) is 12.1 Å². The molecule has 0 aliphatic rings. The van der Waals surface area contributed by atoms with E-state index in [2.05, 4.69) is 36.5 Å². The Morgan fingerprint density at radius 2 is 1.60 bits per heavy atom. The SMILES string of the molecule is Cc1ccccc1CCNc1c(C#N)cccc1C#N. The van der Waals surface area contributed by atoms with Crippen LogP contribution in [-0.2, 0) is 6.42 Å². The molecule has 3 heteroatoms. The molecule has 0 aromatic heterocycles. The van der Waals surface area contributed by atoms with Gasteiger partial charge in [0.15, 0.2) is 0 Å². The third kappa shape index (κ3) is 2.96. The average molecular weight is 261 g/mol. The molecule has 0 saturated carbocycles. The van der Waals surface area contributed by atoms with Gasteiger partial charge in [-0.25, -0.2) is 0 Å². The lowest BCUT2D eigenvalue weighted by Gasteiger charge is -2.11.